The van der Waals surface area contributed by atoms with Crippen molar-refractivity contribution in [1.29, 1.82) is 0 Å². The molecule has 0 fully saturated rings. The standard InChI is InChI=1S/C18H16F22O7/c1-9(3-41,4-42-12(25,26)7(20)44-11(23,24)6(19)10(2,22)46-17(35,36)37)5-43-13(27,28)8(21)45-15(31,32)14(29,30)16(33,34)47-18(38,39)40/h6-8,41H,3-5H2,1-2H3. The zero-order valence-electron chi connectivity index (χ0n) is 22.1. The number of hydrogen-bond donors (Lipinski definition) is 1. The van der Waals surface area contributed by atoms with Crippen LogP contribution < -0.4 is 0 Å². The van der Waals surface area contributed by atoms with Crippen molar-refractivity contribution in [3.05, 3.63) is 0 Å². The molecule has 0 saturated heterocycles. The van der Waals surface area contributed by atoms with E-state index in [4.69, 9.17) is 5.11 Å². The maximum Gasteiger partial charge on any atom is 0.527 e. The summed E-state index contributed by atoms with van der Waals surface area (Å²) < 4.78 is 302. The van der Waals surface area contributed by atoms with Gasteiger partial charge in [-0.2, -0.15) is 52.7 Å². The van der Waals surface area contributed by atoms with Gasteiger partial charge in [-0.05, 0) is 6.92 Å². The van der Waals surface area contributed by atoms with Crippen LogP contribution in [-0.2, 0) is 28.4 Å². The summed E-state index contributed by atoms with van der Waals surface area (Å²) in [6.07, 6.45) is -61.1. The van der Waals surface area contributed by atoms with Gasteiger partial charge >= 0.3 is 49.2 Å². The van der Waals surface area contributed by atoms with Crippen LogP contribution in [0, 0.1) is 5.41 Å². The minimum absolute atomic E-state index is 0.244. The van der Waals surface area contributed by atoms with Gasteiger partial charge in [-0.3, -0.25) is 14.2 Å². The molecule has 0 saturated carbocycles. The lowest BCUT2D eigenvalue weighted by atomic mass is 9.94. The van der Waals surface area contributed by atoms with Gasteiger partial charge in [-0.1, -0.05) is 6.92 Å². The van der Waals surface area contributed by atoms with Gasteiger partial charge in [0.2, 0.25) is 6.17 Å². The second-order valence-electron chi connectivity index (χ2n) is 9.15. The first kappa shape index (κ1) is 45.2. The molecule has 5 atom stereocenters. The Bertz CT molecular complexity index is 1000. The predicted molar refractivity (Wildman–Crippen MR) is 97.4 cm³/mol. The molecule has 29 heteroatoms. The van der Waals surface area contributed by atoms with E-state index in [0.29, 0.717) is 0 Å². The van der Waals surface area contributed by atoms with E-state index in [1.807, 2.05) is 0 Å². The fourth-order valence-electron chi connectivity index (χ4n) is 2.30. The Morgan fingerprint density at radius 2 is 0.872 bits per heavy atom. The SMILES string of the molecule is CC(CO)(COC(F)(F)C(F)OC(F)(F)C(F)C(C)(F)OC(F)(F)F)COC(F)(F)C(F)OC(F)(F)C(F)(F)C(F)(F)OC(F)(F)F. The first-order valence-electron chi connectivity index (χ1n) is 11.0. The maximum atomic E-state index is 13.8. The van der Waals surface area contributed by atoms with E-state index in [0.717, 1.165) is 0 Å². The van der Waals surface area contributed by atoms with Crippen LogP contribution in [0.5, 0.6) is 0 Å². The minimum Gasteiger partial charge on any atom is -0.396 e. The van der Waals surface area contributed by atoms with E-state index in [9.17, 15) is 96.6 Å². The number of halogens is 22. The molecule has 0 rings (SSSR count). The maximum absolute atomic E-state index is 13.8. The molecule has 0 aliphatic carbocycles. The van der Waals surface area contributed by atoms with E-state index in [1.54, 1.807) is 0 Å². The van der Waals surface area contributed by atoms with Crippen LogP contribution in [0.1, 0.15) is 13.8 Å². The van der Waals surface area contributed by atoms with Crippen LogP contribution in [0.3, 0.4) is 0 Å². The molecular formula is C18H16F22O7. The number of aliphatic hydroxyl groups excluding tert-OH is 1. The molecule has 47 heavy (non-hydrogen) atoms. The number of rotatable bonds is 19. The van der Waals surface area contributed by atoms with Gasteiger partial charge in [0.25, 0.3) is 18.6 Å². The molecule has 1 N–H and O–H groups in total. The summed E-state index contributed by atoms with van der Waals surface area (Å²) >= 11 is 0. The molecule has 0 aliphatic heterocycles. The summed E-state index contributed by atoms with van der Waals surface area (Å²) in [5.41, 5.74) is -2.95. The van der Waals surface area contributed by atoms with Crippen LogP contribution in [0.2, 0.25) is 0 Å². The number of ether oxygens (including phenoxy) is 6. The zero-order valence-corrected chi connectivity index (χ0v) is 22.1. The number of hydrogen-bond acceptors (Lipinski definition) is 7. The largest absolute Gasteiger partial charge is 0.527 e. The van der Waals surface area contributed by atoms with Crippen molar-refractivity contribution in [3.8, 4) is 0 Å². The Balaban J connectivity index is 5.61. The normalized spacial score (nSPS) is 19.6. The first-order chi connectivity index (χ1) is 20.3. The van der Waals surface area contributed by atoms with Crippen molar-refractivity contribution >= 4 is 0 Å². The van der Waals surface area contributed by atoms with Crippen LogP contribution in [0.25, 0.3) is 0 Å². The van der Waals surface area contributed by atoms with Gasteiger partial charge < -0.3 is 14.6 Å². The van der Waals surface area contributed by atoms with Crippen LogP contribution >= 0.6 is 0 Å². The van der Waals surface area contributed by atoms with Crippen molar-refractivity contribution in [2.24, 2.45) is 5.41 Å². The molecule has 0 aromatic rings. The van der Waals surface area contributed by atoms with Gasteiger partial charge in [0.15, 0.2) is 0 Å². The molecule has 0 spiro atoms. The van der Waals surface area contributed by atoms with Crippen LogP contribution in [0.15, 0.2) is 0 Å². The Hall–Kier alpha value is -1.82. The zero-order chi connectivity index (χ0) is 38.1. The molecule has 284 valence electrons. The smallest absolute Gasteiger partial charge is 0.396 e. The molecule has 0 radical (unpaired) electrons. The van der Waals surface area contributed by atoms with Crippen LogP contribution in [-0.4, -0.2) is 98.9 Å². The Kier molecular flexibility index (Phi) is 13.6. The van der Waals surface area contributed by atoms with Crippen molar-refractivity contribution < 1.29 is 130 Å². The lowest BCUT2D eigenvalue weighted by Crippen LogP contribution is -2.59. The third-order valence-electron chi connectivity index (χ3n) is 4.69. The summed E-state index contributed by atoms with van der Waals surface area (Å²) in [5.74, 6) is -12.7. The third-order valence-corrected chi connectivity index (χ3v) is 4.69. The molecule has 0 amide bonds. The molecule has 7 nitrogen and oxygen atoms in total. The summed E-state index contributed by atoms with van der Waals surface area (Å²) in [6, 6.07) is 0. The predicted octanol–water partition coefficient (Wildman–Crippen LogP) is 7.34. The van der Waals surface area contributed by atoms with E-state index in [1.165, 1.54) is 4.74 Å². The molecule has 0 heterocycles. The summed E-state index contributed by atoms with van der Waals surface area (Å²) in [7, 11) is 0. The number of alkyl halides is 22. The van der Waals surface area contributed by atoms with Gasteiger partial charge in [0.05, 0.1) is 19.8 Å². The Labute approximate surface area is 244 Å². The molecule has 0 aromatic carbocycles. The van der Waals surface area contributed by atoms with E-state index >= 15 is 0 Å². The fraction of sp³-hybridized carbons (Fsp3) is 1.00. The average Bonchev–Trinajstić information content (AvgIpc) is 2.82. The first-order valence-corrected chi connectivity index (χ1v) is 11.0. The lowest BCUT2D eigenvalue weighted by molar-refractivity contribution is -0.519. The summed E-state index contributed by atoms with van der Waals surface area (Å²) in [5, 5.41) is 9.15. The monoisotopic (exact) mass is 762 g/mol. The highest BCUT2D eigenvalue weighted by atomic mass is 19.4. The topological polar surface area (TPSA) is 75.6 Å². The minimum atomic E-state index is -7.56. The fourth-order valence-corrected chi connectivity index (χ4v) is 2.30. The van der Waals surface area contributed by atoms with Gasteiger partial charge in [-0.25, -0.2) is 22.3 Å². The van der Waals surface area contributed by atoms with Crippen molar-refractivity contribution in [2.75, 3.05) is 19.8 Å². The molecule has 0 aliphatic rings. The second kappa shape index (κ2) is 14.2. The van der Waals surface area contributed by atoms with Crippen molar-refractivity contribution in [3.63, 3.8) is 0 Å². The lowest BCUT2D eigenvalue weighted by Gasteiger charge is -2.35. The third kappa shape index (κ3) is 12.5. The highest BCUT2D eigenvalue weighted by Gasteiger charge is 2.78. The van der Waals surface area contributed by atoms with E-state index in [2.05, 4.69) is 23.7 Å². The molecular weight excluding hydrogens is 746 g/mol. The summed E-state index contributed by atoms with van der Waals surface area (Å²) in [4.78, 5) is 0. The van der Waals surface area contributed by atoms with Gasteiger partial charge in [0, 0.05) is 5.41 Å². The second-order valence-corrected chi connectivity index (χ2v) is 9.15. The van der Waals surface area contributed by atoms with Crippen molar-refractivity contribution in [1.82, 2.24) is 0 Å². The van der Waals surface area contributed by atoms with Gasteiger partial charge in [0.1, 0.15) is 0 Å². The van der Waals surface area contributed by atoms with Gasteiger partial charge in [-0.15, -0.1) is 26.3 Å². The quantitative estimate of drug-likeness (QED) is 0.138. The van der Waals surface area contributed by atoms with E-state index in [-0.39, 0.29) is 6.92 Å². The Morgan fingerprint density at radius 1 is 0.511 bits per heavy atom. The summed E-state index contributed by atoms with van der Waals surface area (Å²) in [6.45, 7) is -6.66. The number of aliphatic hydroxyl groups is 1. The van der Waals surface area contributed by atoms with E-state index < -0.39 is 106 Å². The molecule has 0 aromatic heterocycles. The van der Waals surface area contributed by atoms with Crippen molar-refractivity contribution in [2.45, 2.75) is 87.8 Å². The molecule has 5 unspecified atom stereocenters. The van der Waals surface area contributed by atoms with Crippen LogP contribution in [0.4, 0.5) is 96.6 Å². The average molecular weight is 762 g/mol. The molecule has 0 bridgehead atoms. The Morgan fingerprint density at radius 3 is 1.21 bits per heavy atom. The highest BCUT2D eigenvalue weighted by Crippen LogP contribution is 2.50. The highest BCUT2D eigenvalue weighted by molar-refractivity contribution is 4.87.